The van der Waals surface area contributed by atoms with Gasteiger partial charge in [-0.05, 0) is 19.3 Å². The van der Waals surface area contributed by atoms with Crippen molar-refractivity contribution in [3.8, 4) is 0 Å². The monoisotopic (exact) mass is 201 g/mol. The molecular formula is C11H21O3. The SMILES string of the molecule is CCCCCCC(=O)OCCCC[O]. The number of ether oxygens (including phenoxy) is 1. The first kappa shape index (κ1) is 13.4. The molecule has 0 aliphatic heterocycles. The van der Waals surface area contributed by atoms with Gasteiger partial charge in [0.15, 0.2) is 0 Å². The quantitative estimate of drug-likeness (QED) is 0.425. The molecule has 0 fully saturated rings. The summed E-state index contributed by atoms with van der Waals surface area (Å²) in [5.41, 5.74) is 0. The second-order valence-electron chi connectivity index (χ2n) is 3.44. The molecule has 0 heterocycles. The molecule has 0 saturated heterocycles. The Morgan fingerprint density at radius 1 is 1.07 bits per heavy atom. The molecule has 0 aromatic heterocycles. The molecule has 0 atom stereocenters. The summed E-state index contributed by atoms with van der Waals surface area (Å²) in [5, 5.41) is 10.1. The van der Waals surface area contributed by atoms with Crippen LogP contribution in [0.15, 0.2) is 0 Å². The maximum atomic E-state index is 11.1. The third-order valence-electron chi connectivity index (χ3n) is 2.04. The van der Waals surface area contributed by atoms with Crippen molar-refractivity contribution in [3.63, 3.8) is 0 Å². The van der Waals surface area contributed by atoms with Crippen LogP contribution in [0.3, 0.4) is 0 Å². The molecule has 14 heavy (non-hydrogen) atoms. The minimum Gasteiger partial charge on any atom is -0.466 e. The van der Waals surface area contributed by atoms with Crippen LogP contribution in [0.4, 0.5) is 0 Å². The number of unbranched alkanes of at least 4 members (excludes halogenated alkanes) is 4. The highest BCUT2D eigenvalue weighted by Crippen LogP contribution is 2.03. The van der Waals surface area contributed by atoms with Crippen LogP contribution in [0.1, 0.15) is 51.9 Å². The highest BCUT2D eigenvalue weighted by atomic mass is 16.5. The predicted octanol–water partition coefficient (Wildman–Crippen LogP) is 2.71. The van der Waals surface area contributed by atoms with Crippen molar-refractivity contribution in [2.24, 2.45) is 0 Å². The second-order valence-corrected chi connectivity index (χ2v) is 3.44. The molecule has 3 nitrogen and oxygen atoms in total. The highest BCUT2D eigenvalue weighted by Gasteiger charge is 2.01. The van der Waals surface area contributed by atoms with E-state index in [1.807, 2.05) is 0 Å². The first-order valence-corrected chi connectivity index (χ1v) is 5.55. The van der Waals surface area contributed by atoms with E-state index >= 15 is 0 Å². The lowest BCUT2D eigenvalue weighted by molar-refractivity contribution is -0.144. The van der Waals surface area contributed by atoms with E-state index in [4.69, 9.17) is 4.74 Å². The topological polar surface area (TPSA) is 46.2 Å². The Morgan fingerprint density at radius 3 is 2.50 bits per heavy atom. The molecule has 0 rings (SSSR count). The molecule has 0 aliphatic carbocycles. The fourth-order valence-corrected chi connectivity index (χ4v) is 1.16. The van der Waals surface area contributed by atoms with Crippen LogP contribution >= 0.6 is 0 Å². The Labute approximate surface area is 86.5 Å². The number of carbonyl (C=O) groups excluding carboxylic acids is 1. The van der Waals surface area contributed by atoms with Crippen molar-refractivity contribution < 1.29 is 14.6 Å². The standard InChI is InChI=1S/C11H21O3/c1-2-3-4-5-8-11(13)14-10-7-6-9-12/h2-10H2,1H3. The van der Waals surface area contributed by atoms with E-state index in [2.05, 4.69) is 6.92 Å². The van der Waals surface area contributed by atoms with Gasteiger partial charge in [0.05, 0.1) is 13.2 Å². The Bertz CT molecular complexity index is 120. The van der Waals surface area contributed by atoms with Crippen molar-refractivity contribution in [2.45, 2.75) is 51.9 Å². The molecule has 0 bridgehead atoms. The number of hydrogen-bond donors (Lipinski definition) is 0. The summed E-state index contributed by atoms with van der Waals surface area (Å²) in [4.78, 5) is 11.1. The van der Waals surface area contributed by atoms with Crippen LogP contribution in [0.2, 0.25) is 0 Å². The zero-order valence-corrected chi connectivity index (χ0v) is 9.09. The molecule has 0 aliphatic rings. The number of carbonyl (C=O) groups is 1. The lowest BCUT2D eigenvalue weighted by Gasteiger charge is -2.03. The number of rotatable bonds is 9. The maximum Gasteiger partial charge on any atom is 0.305 e. The van der Waals surface area contributed by atoms with Gasteiger partial charge in [-0.25, -0.2) is 5.11 Å². The van der Waals surface area contributed by atoms with Crippen LogP contribution in [-0.2, 0) is 14.6 Å². The summed E-state index contributed by atoms with van der Waals surface area (Å²) in [6.07, 6.45) is 6.22. The van der Waals surface area contributed by atoms with Gasteiger partial charge in [-0.15, -0.1) is 0 Å². The summed E-state index contributed by atoms with van der Waals surface area (Å²) >= 11 is 0. The van der Waals surface area contributed by atoms with Gasteiger partial charge in [-0.1, -0.05) is 26.2 Å². The van der Waals surface area contributed by atoms with Gasteiger partial charge in [0, 0.05) is 6.42 Å². The average Bonchev–Trinajstić information content (AvgIpc) is 2.19. The van der Waals surface area contributed by atoms with E-state index in [0.717, 1.165) is 12.8 Å². The van der Waals surface area contributed by atoms with Gasteiger partial charge < -0.3 is 4.74 Å². The van der Waals surface area contributed by atoms with Gasteiger partial charge in [0.2, 0.25) is 0 Å². The molecule has 0 saturated carbocycles. The molecule has 3 heteroatoms. The molecule has 0 aromatic carbocycles. The maximum absolute atomic E-state index is 11.1. The zero-order chi connectivity index (χ0) is 10.6. The fraction of sp³-hybridized carbons (Fsp3) is 0.909. The van der Waals surface area contributed by atoms with E-state index in [1.54, 1.807) is 0 Å². The predicted molar refractivity (Wildman–Crippen MR) is 54.5 cm³/mol. The van der Waals surface area contributed by atoms with Crippen molar-refractivity contribution >= 4 is 5.97 Å². The van der Waals surface area contributed by atoms with Gasteiger partial charge in [-0.2, -0.15) is 0 Å². The van der Waals surface area contributed by atoms with Crippen molar-refractivity contribution in [1.82, 2.24) is 0 Å². The molecule has 0 amide bonds. The van der Waals surface area contributed by atoms with Gasteiger partial charge in [0.1, 0.15) is 0 Å². The zero-order valence-electron chi connectivity index (χ0n) is 9.09. The van der Waals surface area contributed by atoms with E-state index < -0.39 is 0 Å². The Morgan fingerprint density at radius 2 is 1.86 bits per heavy atom. The summed E-state index contributed by atoms with van der Waals surface area (Å²) in [6.45, 7) is 2.48. The lowest BCUT2D eigenvalue weighted by Crippen LogP contribution is -2.05. The van der Waals surface area contributed by atoms with Gasteiger partial charge in [0.25, 0.3) is 0 Å². The first-order valence-electron chi connectivity index (χ1n) is 5.55. The molecule has 0 spiro atoms. The first-order chi connectivity index (χ1) is 6.81. The fourth-order valence-electron chi connectivity index (χ4n) is 1.16. The normalized spacial score (nSPS) is 10.1. The Kier molecular flexibility index (Phi) is 10.1. The molecule has 0 N–H and O–H groups in total. The molecule has 0 unspecified atom stereocenters. The number of hydrogen-bond acceptors (Lipinski definition) is 2. The van der Waals surface area contributed by atoms with Crippen LogP contribution < -0.4 is 0 Å². The Balaban J connectivity index is 3.11. The largest absolute Gasteiger partial charge is 0.466 e. The molecule has 0 aromatic rings. The van der Waals surface area contributed by atoms with E-state index in [9.17, 15) is 9.90 Å². The van der Waals surface area contributed by atoms with Crippen LogP contribution in [0.25, 0.3) is 0 Å². The second kappa shape index (κ2) is 10.5. The van der Waals surface area contributed by atoms with Crippen LogP contribution in [0.5, 0.6) is 0 Å². The average molecular weight is 201 g/mol. The summed E-state index contributed by atoms with van der Waals surface area (Å²) in [6, 6.07) is 0. The van der Waals surface area contributed by atoms with Crippen LogP contribution in [0, 0.1) is 0 Å². The molecule has 83 valence electrons. The smallest absolute Gasteiger partial charge is 0.305 e. The summed E-state index contributed by atoms with van der Waals surface area (Å²) in [7, 11) is 0. The minimum absolute atomic E-state index is 0.0753. The third-order valence-corrected chi connectivity index (χ3v) is 2.04. The van der Waals surface area contributed by atoms with Crippen molar-refractivity contribution in [2.75, 3.05) is 13.2 Å². The van der Waals surface area contributed by atoms with E-state index in [0.29, 0.717) is 25.9 Å². The Hall–Kier alpha value is -0.570. The lowest BCUT2D eigenvalue weighted by atomic mass is 10.2. The highest BCUT2D eigenvalue weighted by molar-refractivity contribution is 5.69. The minimum atomic E-state index is -0.119. The third kappa shape index (κ3) is 9.52. The van der Waals surface area contributed by atoms with Gasteiger partial charge in [-0.3, -0.25) is 4.79 Å². The molecule has 1 radical (unpaired) electrons. The summed E-state index contributed by atoms with van der Waals surface area (Å²) in [5.74, 6) is -0.119. The van der Waals surface area contributed by atoms with E-state index in [1.165, 1.54) is 12.8 Å². The van der Waals surface area contributed by atoms with Gasteiger partial charge >= 0.3 is 5.97 Å². The van der Waals surface area contributed by atoms with Crippen LogP contribution in [-0.4, -0.2) is 19.2 Å². The van der Waals surface area contributed by atoms with Crippen molar-refractivity contribution in [3.05, 3.63) is 0 Å². The van der Waals surface area contributed by atoms with Crippen molar-refractivity contribution in [1.29, 1.82) is 0 Å². The summed E-state index contributed by atoms with van der Waals surface area (Å²) < 4.78 is 4.95. The van der Waals surface area contributed by atoms with E-state index in [-0.39, 0.29) is 12.6 Å². The number of esters is 1. The molecular weight excluding hydrogens is 180 g/mol.